The minimum absolute atomic E-state index is 0.142. The maximum atomic E-state index is 14.2. The zero-order chi connectivity index (χ0) is 31.3. The number of rotatable bonds is 11. The second kappa shape index (κ2) is 14.2. The van der Waals surface area contributed by atoms with Gasteiger partial charge in [-0.2, -0.15) is 0 Å². The summed E-state index contributed by atoms with van der Waals surface area (Å²) in [6.07, 6.45) is 1.53. The van der Waals surface area contributed by atoms with E-state index in [9.17, 15) is 14.4 Å². The number of aromatic nitrogens is 1. The van der Waals surface area contributed by atoms with E-state index in [1.807, 2.05) is 44.2 Å². The van der Waals surface area contributed by atoms with Crippen molar-refractivity contribution in [3.8, 4) is 17.2 Å². The first-order valence-electron chi connectivity index (χ1n) is 13.7. The number of fused-ring (bicyclic) bond motifs is 1. The Hall–Kier alpha value is -3.65. The SMILES string of the molecule is CCOC(=O)COc1c(/C=c2\sc3n(c2=O)[C@@H](c2ccccc2OC(C)C)C(C(=O)OCC)=C(C)N=3)cc(I)cc1OC. The van der Waals surface area contributed by atoms with Crippen LogP contribution in [0.3, 0.4) is 0 Å². The summed E-state index contributed by atoms with van der Waals surface area (Å²) in [7, 11) is 1.50. The first kappa shape index (κ1) is 32.3. The van der Waals surface area contributed by atoms with Crippen LogP contribution in [0.15, 0.2) is 57.5 Å². The number of halogens is 1. The molecule has 0 unspecified atom stereocenters. The van der Waals surface area contributed by atoms with Crippen LogP contribution in [0, 0.1) is 3.57 Å². The Kier molecular flexibility index (Phi) is 10.7. The van der Waals surface area contributed by atoms with E-state index in [-0.39, 0.29) is 42.8 Å². The molecule has 0 spiro atoms. The van der Waals surface area contributed by atoms with Crippen LogP contribution in [0.2, 0.25) is 0 Å². The third kappa shape index (κ3) is 7.12. The molecule has 2 heterocycles. The summed E-state index contributed by atoms with van der Waals surface area (Å²) >= 11 is 3.32. The lowest BCUT2D eigenvalue weighted by molar-refractivity contribution is -0.145. The summed E-state index contributed by atoms with van der Waals surface area (Å²) in [6.45, 7) is 9.05. The van der Waals surface area contributed by atoms with Crippen molar-refractivity contribution in [3.63, 3.8) is 0 Å². The fourth-order valence-electron chi connectivity index (χ4n) is 4.63. The molecule has 12 heteroatoms. The van der Waals surface area contributed by atoms with Crippen molar-refractivity contribution < 1.29 is 33.3 Å². The Morgan fingerprint density at radius 3 is 2.51 bits per heavy atom. The predicted molar refractivity (Wildman–Crippen MR) is 170 cm³/mol. The summed E-state index contributed by atoms with van der Waals surface area (Å²) in [5.74, 6) is 0.147. The predicted octanol–water partition coefficient (Wildman–Crippen LogP) is 4.14. The standard InChI is InChI=1S/C31H33IN2O8S/c1-7-39-25(35)16-41-28-19(13-20(32)15-23(28)38-6)14-24-29(36)34-27(21-11-9-10-12-22(21)42-17(3)4)26(30(37)40-8-2)18(5)33-31(34)43-24/h9-15,17,27H,7-8,16H2,1-6H3/b24-14-/t27-/m0/s1. The van der Waals surface area contributed by atoms with Gasteiger partial charge in [0.05, 0.1) is 42.2 Å². The highest BCUT2D eigenvalue weighted by molar-refractivity contribution is 14.1. The molecule has 0 aliphatic carbocycles. The smallest absolute Gasteiger partial charge is 0.344 e. The number of hydrogen-bond donors (Lipinski definition) is 0. The quantitative estimate of drug-likeness (QED) is 0.215. The molecule has 4 rings (SSSR count). The lowest BCUT2D eigenvalue weighted by Crippen LogP contribution is -2.40. The Labute approximate surface area is 266 Å². The van der Waals surface area contributed by atoms with E-state index in [1.165, 1.54) is 23.0 Å². The molecule has 1 aliphatic rings. The zero-order valence-corrected chi connectivity index (χ0v) is 27.7. The van der Waals surface area contributed by atoms with E-state index in [0.717, 1.165) is 3.57 Å². The number of para-hydroxylation sites is 1. The van der Waals surface area contributed by atoms with E-state index in [1.54, 1.807) is 32.9 Å². The highest BCUT2D eigenvalue weighted by Gasteiger charge is 2.35. The molecule has 3 aromatic rings. The van der Waals surface area contributed by atoms with Crippen molar-refractivity contribution in [2.24, 2.45) is 4.99 Å². The lowest BCUT2D eigenvalue weighted by atomic mass is 9.95. The number of thiazole rings is 1. The van der Waals surface area contributed by atoms with Gasteiger partial charge < -0.3 is 23.7 Å². The fourth-order valence-corrected chi connectivity index (χ4v) is 6.29. The molecule has 0 radical (unpaired) electrons. The van der Waals surface area contributed by atoms with E-state index in [4.69, 9.17) is 23.7 Å². The van der Waals surface area contributed by atoms with Gasteiger partial charge in [0.15, 0.2) is 22.9 Å². The minimum atomic E-state index is -0.836. The van der Waals surface area contributed by atoms with E-state index in [2.05, 4.69) is 27.6 Å². The fraction of sp³-hybridized carbons (Fsp3) is 0.355. The molecule has 1 atom stereocenters. The second-order valence-corrected chi connectivity index (χ2v) is 11.9. The van der Waals surface area contributed by atoms with Gasteiger partial charge in [-0.25, -0.2) is 14.6 Å². The van der Waals surface area contributed by atoms with Gasteiger partial charge in [-0.05, 0) is 81.5 Å². The highest BCUT2D eigenvalue weighted by atomic mass is 127. The van der Waals surface area contributed by atoms with Crippen molar-refractivity contribution in [2.45, 2.75) is 46.8 Å². The van der Waals surface area contributed by atoms with Crippen LogP contribution in [0.5, 0.6) is 17.2 Å². The molecule has 228 valence electrons. The summed E-state index contributed by atoms with van der Waals surface area (Å²) in [5.41, 5.74) is 1.51. The normalized spacial score (nSPS) is 14.7. The van der Waals surface area contributed by atoms with E-state index < -0.39 is 18.0 Å². The van der Waals surface area contributed by atoms with Gasteiger partial charge in [0.25, 0.3) is 5.56 Å². The van der Waals surface area contributed by atoms with Crippen LogP contribution in [0.25, 0.3) is 6.08 Å². The van der Waals surface area contributed by atoms with Gasteiger partial charge in [-0.3, -0.25) is 9.36 Å². The Bertz CT molecular complexity index is 1740. The lowest BCUT2D eigenvalue weighted by Gasteiger charge is -2.26. The van der Waals surface area contributed by atoms with Gasteiger partial charge in [0.1, 0.15) is 11.8 Å². The number of carbonyl (C=O) groups is 2. The number of esters is 2. The van der Waals surface area contributed by atoms with Crippen molar-refractivity contribution in [3.05, 3.63) is 82.1 Å². The molecule has 2 aromatic carbocycles. The van der Waals surface area contributed by atoms with Crippen LogP contribution in [0.4, 0.5) is 0 Å². The summed E-state index contributed by atoms with van der Waals surface area (Å²) in [5, 5.41) is 0. The first-order valence-corrected chi connectivity index (χ1v) is 15.6. The van der Waals surface area contributed by atoms with Gasteiger partial charge in [-0.15, -0.1) is 0 Å². The molecule has 43 heavy (non-hydrogen) atoms. The number of hydrogen-bond acceptors (Lipinski definition) is 10. The average Bonchev–Trinajstić information content (AvgIpc) is 3.25. The molecule has 0 N–H and O–H groups in total. The topological polar surface area (TPSA) is 115 Å². The largest absolute Gasteiger partial charge is 0.493 e. The molecule has 0 bridgehead atoms. The van der Waals surface area contributed by atoms with Crippen molar-refractivity contribution in [1.82, 2.24) is 4.57 Å². The molecule has 0 fully saturated rings. The van der Waals surface area contributed by atoms with Crippen LogP contribution in [-0.2, 0) is 19.1 Å². The van der Waals surface area contributed by atoms with Crippen molar-refractivity contribution >= 4 is 51.9 Å². The Balaban J connectivity index is 1.95. The van der Waals surface area contributed by atoms with E-state index >= 15 is 0 Å². The first-order chi connectivity index (χ1) is 20.6. The summed E-state index contributed by atoms with van der Waals surface area (Å²) in [6, 6.07) is 10.1. The number of benzene rings is 2. The summed E-state index contributed by atoms with van der Waals surface area (Å²) < 4.78 is 30.6. The van der Waals surface area contributed by atoms with Gasteiger partial charge in [-0.1, -0.05) is 29.5 Å². The van der Waals surface area contributed by atoms with Crippen LogP contribution in [0.1, 0.15) is 51.8 Å². The number of carbonyl (C=O) groups excluding carboxylic acids is 2. The molecule has 0 saturated carbocycles. The molecule has 1 aromatic heterocycles. The molecule has 0 amide bonds. The van der Waals surface area contributed by atoms with Gasteiger partial charge in [0.2, 0.25) is 0 Å². The number of ether oxygens (including phenoxy) is 5. The minimum Gasteiger partial charge on any atom is -0.493 e. The van der Waals surface area contributed by atoms with E-state index in [0.29, 0.717) is 37.7 Å². The second-order valence-electron chi connectivity index (χ2n) is 9.63. The van der Waals surface area contributed by atoms with Crippen LogP contribution >= 0.6 is 33.9 Å². The van der Waals surface area contributed by atoms with Crippen LogP contribution in [-0.4, -0.2) is 49.5 Å². The average molecular weight is 721 g/mol. The summed E-state index contributed by atoms with van der Waals surface area (Å²) in [4.78, 5) is 44.6. The maximum absolute atomic E-state index is 14.2. The number of allylic oxidation sites excluding steroid dienone is 1. The molecular weight excluding hydrogens is 687 g/mol. The third-order valence-corrected chi connectivity index (χ3v) is 7.89. The number of methoxy groups -OCH3 is 1. The van der Waals surface area contributed by atoms with Crippen molar-refractivity contribution in [1.29, 1.82) is 0 Å². The Morgan fingerprint density at radius 2 is 1.84 bits per heavy atom. The van der Waals surface area contributed by atoms with Gasteiger partial charge >= 0.3 is 11.9 Å². The molecule has 0 saturated heterocycles. The monoisotopic (exact) mass is 720 g/mol. The molecule has 10 nitrogen and oxygen atoms in total. The maximum Gasteiger partial charge on any atom is 0.344 e. The zero-order valence-electron chi connectivity index (χ0n) is 24.8. The van der Waals surface area contributed by atoms with Gasteiger partial charge in [0, 0.05) is 14.7 Å². The third-order valence-electron chi connectivity index (χ3n) is 6.29. The van der Waals surface area contributed by atoms with Crippen molar-refractivity contribution in [2.75, 3.05) is 26.9 Å². The Morgan fingerprint density at radius 1 is 1.12 bits per heavy atom. The molecular formula is C31H33IN2O8S. The van der Waals surface area contributed by atoms with Crippen LogP contribution < -0.4 is 29.1 Å². The molecule has 1 aliphatic heterocycles. The number of nitrogens with zero attached hydrogens (tertiary/aromatic N) is 2. The highest BCUT2D eigenvalue weighted by Crippen LogP contribution is 2.37.